The van der Waals surface area contributed by atoms with Crippen molar-refractivity contribution < 1.29 is 4.79 Å². The summed E-state index contributed by atoms with van der Waals surface area (Å²) >= 11 is 12.1. The number of halogens is 3. The highest BCUT2D eigenvalue weighted by Gasteiger charge is 2.08. The van der Waals surface area contributed by atoms with Crippen LogP contribution >= 0.6 is 47.2 Å². The molecule has 1 heterocycles. The first-order chi connectivity index (χ1) is 13.0. The number of guanidine groups is 1. The second-order valence-corrected chi connectivity index (χ2v) is 6.70. The normalized spacial score (nSPS) is 10.9. The Morgan fingerprint density at radius 2 is 1.79 bits per heavy atom. The maximum absolute atomic E-state index is 12.0. The van der Waals surface area contributed by atoms with Crippen LogP contribution in [0.4, 0.5) is 0 Å². The van der Waals surface area contributed by atoms with Gasteiger partial charge in [-0.15, -0.1) is 24.0 Å². The van der Waals surface area contributed by atoms with E-state index in [1.807, 2.05) is 42.8 Å². The Hall–Kier alpha value is -1.45. The molecule has 6 nitrogen and oxygen atoms in total. The molecule has 0 atom stereocenters. The van der Waals surface area contributed by atoms with Crippen LogP contribution in [0.15, 0.2) is 41.4 Å². The number of aromatic nitrogens is 1. The third kappa shape index (κ3) is 7.52. The van der Waals surface area contributed by atoms with Crippen molar-refractivity contribution in [2.24, 2.45) is 12.0 Å². The second-order valence-electron chi connectivity index (χ2n) is 5.93. The highest BCUT2D eigenvalue weighted by molar-refractivity contribution is 14.0. The molecule has 1 amide bonds. The maximum Gasteiger partial charge on any atom is 0.251 e. The average Bonchev–Trinajstić information content (AvgIpc) is 2.93. The number of aliphatic imine (C=N–C) groups is 1. The van der Waals surface area contributed by atoms with Gasteiger partial charge in [-0.2, -0.15) is 0 Å². The van der Waals surface area contributed by atoms with Gasteiger partial charge in [0.05, 0.1) is 11.6 Å². The highest BCUT2D eigenvalue weighted by Crippen LogP contribution is 2.25. The molecule has 0 bridgehead atoms. The van der Waals surface area contributed by atoms with Crippen LogP contribution in [0, 0.1) is 0 Å². The summed E-state index contributed by atoms with van der Waals surface area (Å²) in [6, 6.07) is 11.0. The molecule has 2 aromatic rings. The Morgan fingerprint density at radius 3 is 2.39 bits per heavy atom. The number of carbonyl (C=O) groups excluding carboxylic acids is 1. The summed E-state index contributed by atoms with van der Waals surface area (Å²) in [6.07, 6.45) is 0.783. The molecule has 3 N–H and O–H groups in total. The van der Waals surface area contributed by atoms with Crippen LogP contribution in [0.3, 0.4) is 0 Å². The summed E-state index contributed by atoms with van der Waals surface area (Å²) in [7, 11) is 1.86. The molecule has 0 unspecified atom stereocenters. The standard InChI is InChI=1S/C19H25Cl2N5O.HI/c1-3-22-19(25-13-15-12-16(20)17(21)26(15)2)24-11-7-10-23-18(27)14-8-5-4-6-9-14;/h4-6,8-9,12H,3,7,10-11,13H2,1-2H3,(H,23,27)(H2,22,24,25);1H. The van der Waals surface area contributed by atoms with E-state index in [1.165, 1.54) is 0 Å². The number of hydrogen-bond acceptors (Lipinski definition) is 2. The Labute approximate surface area is 193 Å². The van der Waals surface area contributed by atoms with Crippen LogP contribution < -0.4 is 16.0 Å². The minimum Gasteiger partial charge on any atom is -0.357 e. The molecule has 0 spiro atoms. The van der Waals surface area contributed by atoms with Gasteiger partial charge in [-0.25, -0.2) is 4.99 Å². The molecule has 1 aromatic heterocycles. The quantitative estimate of drug-likeness (QED) is 0.207. The minimum atomic E-state index is -0.0614. The van der Waals surface area contributed by atoms with Crippen LogP contribution in [0.5, 0.6) is 0 Å². The Balaban J connectivity index is 0.00000392. The Bertz CT molecular complexity index is 780. The number of benzene rings is 1. The number of hydrogen-bond donors (Lipinski definition) is 3. The van der Waals surface area contributed by atoms with Crippen LogP contribution in [-0.4, -0.2) is 36.1 Å². The van der Waals surface area contributed by atoms with Crippen molar-refractivity contribution in [3.8, 4) is 0 Å². The predicted octanol–water partition coefficient (Wildman–Crippen LogP) is 3.83. The topological polar surface area (TPSA) is 70.5 Å². The third-order valence-corrected chi connectivity index (χ3v) is 4.77. The summed E-state index contributed by atoms with van der Waals surface area (Å²) < 4.78 is 1.82. The molecule has 9 heteroatoms. The molecular weight excluding hydrogens is 512 g/mol. The van der Waals surface area contributed by atoms with Crippen molar-refractivity contribution in [2.75, 3.05) is 19.6 Å². The van der Waals surface area contributed by atoms with Crippen molar-refractivity contribution in [1.82, 2.24) is 20.5 Å². The van der Waals surface area contributed by atoms with E-state index < -0.39 is 0 Å². The van der Waals surface area contributed by atoms with Gasteiger partial charge >= 0.3 is 0 Å². The zero-order valence-electron chi connectivity index (χ0n) is 16.0. The molecular formula is C19H26Cl2IN5O. The van der Waals surface area contributed by atoms with E-state index in [0.29, 0.717) is 41.3 Å². The van der Waals surface area contributed by atoms with E-state index in [-0.39, 0.29) is 29.9 Å². The maximum atomic E-state index is 12.0. The van der Waals surface area contributed by atoms with E-state index in [9.17, 15) is 4.79 Å². The van der Waals surface area contributed by atoms with Crippen molar-refractivity contribution >= 4 is 59.0 Å². The molecule has 0 saturated heterocycles. The largest absolute Gasteiger partial charge is 0.357 e. The van der Waals surface area contributed by atoms with Crippen molar-refractivity contribution in [3.05, 3.63) is 57.8 Å². The summed E-state index contributed by atoms with van der Waals surface area (Å²) in [4.78, 5) is 16.5. The van der Waals surface area contributed by atoms with Gasteiger partial charge in [0.1, 0.15) is 5.15 Å². The lowest BCUT2D eigenvalue weighted by atomic mass is 10.2. The molecule has 0 saturated carbocycles. The van der Waals surface area contributed by atoms with Crippen molar-refractivity contribution in [3.63, 3.8) is 0 Å². The summed E-state index contributed by atoms with van der Waals surface area (Å²) in [5.74, 6) is 0.647. The van der Waals surface area contributed by atoms with Crippen LogP contribution in [0.1, 0.15) is 29.4 Å². The molecule has 0 aliphatic rings. The molecule has 0 aliphatic heterocycles. The minimum absolute atomic E-state index is 0. The van der Waals surface area contributed by atoms with Crippen LogP contribution in [0.25, 0.3) is 0 Å². The Kier molecular flexibility index (Phi) is 11.3. The van der Waals surface area contributed by atoms with E-state index in [2.05, 4.69) is 20.9 Å². The second kappa shape index (κ2) is 12.9. The predicted molar refractivity (Wildman–Crippen MR) is 127 cm³/mol. The third-order valence-electron chi connectivity index (χ3n) is 3.93. The fourth-order valence-corrected chi connectivity index (χ4v) is 2.85. The van der Waals surface area contributed by atoms with Gasteiger partial charge in [0, 0.05) is 37.9 Å². The monoisotopic (exact) mass is 537 g/mol. The van der Waals surface area contributed by atoms with Gasteiger partial charge in [0.2, 0.25) is 0 Å². The summed E-state index contributed by atoms with van der Waals surface area (Å²) in [6.45, 7) is 4.50. The fraction of sp³-hybridized carbons (Fsp3) is 0.368. The molecule has 154 valence electrons. The number of nitrogens with one attached hydrogen (secondary N) is 3. The zero-order valence-corrected chi connectivity index (χ0v) is 19.8. The van der Waals surface area contributed by atoms with E-state index in [1.54, 1.807) is 12.1 Å². The lowest BCUT2D eigenvalue weighted by Crippen LogP contribution is -2.38. The van der Waals surface area contributed by atoms with E-state index >= 15 is 0 Å². The number of amides is 1. The number of nitrogens with zero attached hydrogens (tertiary/aromatic N) is 2. The molecule has 28 heavy (non-hydrogen) atoms. The molecule has 0 aliphatic carbocycles. The molecule has 0 radical (unpaired) electrons. The van der Waals surface area contributed by atoms with Crippen molar-refractivity contribution in [1.29, 1.82) is 0 Å². The van der Waals surface area contributed by atoms with E-state index in [0.717, 1.165) is 18.7 Å². The van der Waals surface area contributed by atoms with Crippen LogP contribution in [0.2, 0.25) is 10.2 Å². The van der Waals surface area contributed by atoms with Gasteiger partial charge in [-0.3, -0.25) is 4.79 Å². The smallest absolute Gasteiger partial charge is 0.251 e. The summed E-state index contributed by atoms with van der Waals surface area (Å²) in [5, 5.41) is 10.4. The first kappa shape index (κ1) is 24.6. The summed E-state index contributed by atoms with van der Waals surface area (Å²) in [5.41, 5.74) is 1.59. The van der Waals surface area contributed by atoms with Gasteiger partial charge < -0.3 is 20.5 Å². The van der Waals surface area contributed by atoms with Gasteiger partial charge in [-0.05, 0) is 31.5 Å². The highest BCUT2D eigenvalue weighted by atomic mass is 127. The van der Waals surface area contributed by atoms with Crippen molar-refractivity contribution in [2.45, 2.75) is 19.9 Å². The van der Waals surface area contributed by atoms with Gasteiger partial charge in [0.15, 0.2) is 5.96 Å². The fourth-order valence-electron chi connectivity index (χ4n) is 2.43. The number of rotatable bonds is 8. The first-order valence-corrected chi connectivity index (χ1v) is 9.63. The van der Waals surface area contributed by atoms with Crippen LogP contribution in [-0.2, 0) is 13.6 Å². The molecule has 0 fully saturated rings. The lowest BCUT2D eigenvalue weighted by molar-refractivity contribution is 0.0953. The Morgan fingerprint density at radius 1 is 1.11 bits per heavy atom. The SMILES string of the molecule is CCNC(=NCc1cc(Cl)c(Cl)n1C)NCCCNC(=O)c1ccccc1.I. The van der Waals surface area contributed by atoms with E-state index in [4.69, 9.17) is 23.2 Å². The average molecular weight is 538 g/mol. The lowest BCUT2D eigenvalue weighted by Gasteiger charge is -2.12. The molecule has 1 aromatic carbocycles. The van der Waals surface area contributed by atoms with Gasteiger partial charge in [-0.1, -0.05) is 41.4 Å². The van der Waals surface area contributed by atoms with Gasteiger partial charge in [0.25, 0.3) is 5.91 Å². The zero-order chi connectivity index (χ0) is 19.6. The molecule has 2 rings (SSSR count). The first-order valence-electron chi connectivity index (χ1n) is 8.88. The number of carbonyl (C=O) groups is 1.